The van der Waals surface area contributed by atoms with Crippen LogP contribution >= 0.6 is 0 Å². The van der Waals surface area contributed by atoms with Crippen LogP contribution in [0.2, 0.25) is 0 Å². The summed E-state index contributed by atoms with van der Waals surface area (Å²) in [5.74, 6) is 1.83. The second-order valence-electron chi connectivity index (χ2n) is 17.8. The van der Waals surface area contributed by atoms with E-state index in [0.29, 0.717) is 17.6 Å². The van der Waals surface area contributed by atoms with E-state index in [9.17, 15) is 0 Å². The summed E-state index contributed by atoms with van der Waals surface area (Å²) < 4.78 is 4.77. The smallest absolute Gasteiger partial charge is 0.238 e. The molecular formula is C54H45N5. The molecule has 0 amide bonds. The summed E-state index contributed by atoms with van der Waals surface area (Å²) in [7, 11) is 0. The van der Waals surface area contributed by atoms with E-state index in [1.807, 2.05) is 24.3 Å². The molecule has 0 N–H and O–H groups in total. The van der Waals surface area contributed by atoms with Crippen LogP contribution in [-0.4, -0.2) is 24.1 Å². The van der Waals surface area contributed by atoms with E-state index in [1.165, 1.54) is 33.0 Å². The molecule has 0 bridgehead atoms. The third-order valence-corrected chi connectivity index (χ3v) is 14.3. The number of benzene rings is 7. The van der Waals surface area contributed by atoms with E-state index in [1.54, 1.807) is 0 Å². The maximum atomic E-state index is 5.37. The number of fused-ring (bicyclic) bond motifs is 8. The summed E-state index contributed by atoms with van der Waals surface area (Å²) >= 11 is 0. The molecule has 0 unspecified atom stereocenters. The third-order valence-electron chi connectivity index (χ3n) is 14.3. The van der Waals surface area contributed by atoms with Crippen molar-refractivity contribution in [2.24, 2.45) is 5.41 Å². The molecule has 0 atom stereocenters. The summed E-state index contributed by atoms with van der Waals surface area (Å²) in [6.07, 6.45) is 0. The fourth-order valence-electron chi connectivity index (χ4n) is 9.92. The number of aromatic nitrogens is 5. The molecule has 7 aromatic carbocycles. The van der Waals surface area contributed by atoms with E-state index in [-0.39, 0.29) is 16.2 Å². The molecule has 59 heavy (non-hydrogen) atoms. The van der Waals surface area contributed by atoms with Crippen molar-refractivity contribution in [1.82, 2.24) is 24.1 Å². The predicted octanol–water partition coefficient (Wildman–Crippen LogP) is 13.7. The lowest BCUT2D eigenvalue weighted by atomic mass is 9.59. The highest BCUT2D eigenvalue weighted by Crippen LogP contribution is 2.61. The van der Waals surface area contributed by atoms with Crippen LogP contribution in [0.5, 0.6) is 0 Å². The molecular weight excluding hydrogens is 719 g/mol. The Balaban J connectivity index is 1.22. The lowest BCUT2D eigenvalue weighted by molar-refractivity contribution is 0.125. The molecule has 10 aromatic rings. The highest BCUT2D eigenvalue weighted by Gasteiger charge is 2.56. The van der Waals surface area contributed by atoms with Crippen molar-refractivity contribution >= 4 is 43.6 Å². The molecule has 3 aromatic heterocycles. The van der Waals surface area contributed by atoms with Gasteiger partial charge in [-0.1, -0.05) is 181 Å². The first-order valence-electron chi connectivity index (χ1n) is 20.6. The molecule has 1 aliphatic rings. The van der Waals surface area contributed by atoms with Gasteiger partial charge in [-0.3, -0.25) is 4.57 Å². The fraction of sp³-hybridized carbons (Fsp3) is 0.167. The minimum absolute atomic E-state index is 0.0135. The van der Waals surface area contributed by atoms with Crippen LogP contribution in [0.3, 0.4) is 0 Å². The number of para-hydroxylation sites is 2. The summed E-state index contributed by atoms with van der Waals surface area (Å²) in [4.78, 5) is 15.8. The van der Waals surface area contributed by atoms with Crippen LogP contribution in [0.4, 0.5) is 0 Å². The van der Waals surface area contributed by atoms with Gasteiger partial charge in [-0.05, 0) is 62.8 Å². The average Bonchev–Trinajstić information content (AvgIpc) is 3.82. The summed E-state index contributed by atoms with van der Waals surface area (Å²) in [5, 5.41) is 4.69. The molecule has 0 saturated heterocycles. The third kappa shape index (κ3) is 5.00. The van der Waals surface area contributed by atoms with Crippen molar-refractivity contribution in [3.8, 4) is 45.5 Å². The Morgan fingerprint density at radius 3 is 1.44 bits per heavy atom. The Bertz CT molecular complexity index is 3280. The first-order chi connectivity index (χ1) is 28.5. The van der Waals surface area contributed by atoms with E-state index in [0.717, 1.165) is 49.7 Å². The molecule has 3 heterocycles. The van der Waals surface area contributed by atoms with Crippen molar-refractivity contribution in [3.63, 3.8) is 0 Å². The predicted molar refractivity (Wildman–Crippen MR) is 245 cm³/mol. The lowest BCUT2D eigenvalue weighted by Crippen LogP contribution is -2.42. The van der Waals surface area contributed by atoms with Gasteiger partial charge in [0.05, 0.1) is 22.1 Å². The molecule has 0 spiro atoms. The Morgan fingerprint density at radius 2 is 0.831 bits per heavy atom. The van der Waals surface area contributed by atoms with E-state index in [4.69, 9.17) is 15.0 Å². The standard InChI is InChI=1S/C54H45N5/c1-52(2)43-32-29-38(33-44(43)53(3,4)54(52,5)6)58-45-23-15-13-21-39(45)41-30-31-42-40-22-14-16-24-46(40)59(48(42)47(41)58)51-56-49(36-19-11-8-12-20-36)55-50(57-51)37-27-25-35(26-28-37)34-17-9-7-10-18-34/h7-33H,1-6H3. The van der Waals surface area contributed by atoms with Crippen molar-refractivity contribution < 1.29 is 0 Å². The molecule has 0 radical (unpaired) electrons. The molecule has 5 nitrogen and oxygen atoms in total. The molecule has 0 saturated carbocycles. The molecule has 1 aliphatic carbocycles. The number of nitrogens with zero attached hydrogens (tertiary/aromatic N) is 5. The van der Waals surface area contributed by atoms with Gasteiger partial charge in [-0.25, -0.2) is 4.98 Å². The quantitative estimate of drug-likeness (QED) is 0.175. The van der Waals surface area contributed by atoms with Gasteiger partial charge in [0, 0.05) is 38.4 Å². The Morgan fingerprint density at radius 1 is 0.373 bits per heavy atom. The Hall–Kier alpha value is -6.85. The van der Waals surface area contributed by atoms with Gasteiger partial charge in [0.2, 0.25) is 5.95 Å². The SMILES string of the molecule is CC1(C)c2ccc(-n3c4ccccc4c4ccc5c6ccccc6n(-c6nc(-c7ccccc7)nc(-c7ccc(-c8ccccc8)cc7)n6)c5c43)cc2C(C)(C)C1(C)C. The molecule has 0 aliphatic heterocycles. The minimum Gasteiger partial charge on any atom is -0.307 e. The average molecular weight is 764 g/mol. The van der Waals surface area contributed by atoms with Crippen LogP contribution < -0.4 is 0 Å². The van der Waals surface area contributed by atoms with Crippen LogP contribution in [0.25, 0.3) is 89.2 Å². The van der Waals surface area contributed by atoms with Gasteiger partial charge in [0.25, 0.3) is 0 Å². The van der Waals surface area contributed by atoms with Gasteiger partial charge in [0.15, 0.2) is 11.6 Å². The summed E-state index contributed by atoms with van der Waals surface area (Å²) in [5.41, 5.74) is 12.6. The van der Waals surface area contributed by atoms with E-state index in [2.05, 4.69) is 190 Å². The maximum absolute atomic E-state index is 5.37. The van der Waals surface area contributed by atoms with E-state index < -0.39 is 0 Å². The van der Waals surface area contributed by atoms with E-state index >= 15 is 0 Å². The lowest BCUT2D eigenvalue weighted by Gasteiger charge is -2.44. The van der Waals surface area contributed by atoms with Crippen molar-refractivity contribution in [3.05, 3.63) is 175 Å². The van der Waals surface area contributed by atoms with Crippen LogP contribution in [0, 0.1) is 5.41 Å². The van der Waals surface area contributed by atoms with Crippen molar-refractivity contribution in [2.45, 2.75) is 52.4 Å². The Kier molecular flexibility index (Phi) is 7.53. The largest absolute Gasteiger partial charge is 0.307 e. The number of hydrogen-bond donors (Lipinski definition) is 0. The number of rotatable bonds is 5. The van der Waals surface area contributed by atoms with Gasteiger partial charge in [0.1, 0.15) is 0 Å². The summed E-state index contributed by atoms with van der Waals surface area (Å²) in [6.45, 7) is 14.5. The van der Waals surface area contributed by atoms with Crippen LogP contribution in [0.1, 0.15) is 52.7 Å². The normalized spacial score (nSPS) is 15.4. The zero-order valence-electron chi connectivity index (χ0n) is 34.3. The highest BCUT2D eigenvalue weighted by molar-refractivity contribution is 6.23. The molecule has 0 fully saturated rings. The monoisotopic (exact) mass is 763 g/mol. The fourth-order valence-corrected chi connectivity index (χ4v) is 9.92. The number of hydrogen-bond acceptors (Lipinski definition) is 3. The molecule has 5 heteroatoms. The van der Waals surface area contributed by atoms with Crippen molar-refractivity contribution in [2.75, 3.05) is 0 Å². The first-order valence-corrected chi connectivity index (χ1v) is 20.6. The summed E-state index contributed by atoms with van der Waals surface area (Å²) in [6, 6.07) is 58.5. The van der Waals surface area contributed by atoms with Gasteiger partial charge in [-0.15, -0.1) is 0 Å². The van der Waals surface area contributed by atoms with Crippen LogP contribution in [0.15, 0.2) is 164 Å². The maximum Gasteiger partial charge on any atom is 0.238 e. The topological polar surface area (TPSA) is 48.5 Å². The minimum atomic E-state index is -0.0424. The second-order valence-corrected chi connectivity index (χ2v) is 17.8. The van der Waals surface area contributed by atoms with Gasteiger partial charge < -0.3 is 4.57 Å². The zero-order chi connectivity index (χ0) is 40.3. The molecule has 286 valence electrons. The van der Waals surface area contributed by atoms with Crippen molar-refractivity contribution in [1.29, 1.82) is 0 Å². The zero-order valence-corrected chi connectivity index (χ0v) is 34.3. The molecule has 11 rings (SSSR count). The van der Waals surface area contributed by atoms with Crippen LogP contribution in [-0.2, 0) is 10.8 Å². The Labute approximate surface area is 344 Å². The van der Waals surface area contributed by atoms with Gasteiger partial charge >= 0.3 is 0 Å². The highest BCUT2D eigenvalue weighted by atomic mass is 15.2. The first kappa shape index (κ1) is 35.3. The van der Waals surface area contributed by atoms with Gasteiger partial charge in [-0.2, -0.15) is 9.97 Å². The second kappa shape index (κ2) is 12.6.